The zero-order valence-electron chi connectivity index (χ0n) is 12.3. The zero-order chi connectivity index (χ0) is 15.7. The number of amides is 2. The second-order valence-electron chi connectivity index (χ2n) is 4.54. The van der Waals surface area contributed by atoms with Crippen molar-refractivity contribution in [2.45, 2.75) is 0 Å². The molecule has 0 aromatic heterocycles. The smallest absolute Gasteiger partial charge is 0.246 e. The van der Waals surface area contributed by atoms with Crippen LogP contribution in [0.15, 0.2) is 30.3 Å². The Kier molecular flexibility index (Phi) is 6.97. The van der Waals surface area contributed by atoms with Crippen molar-refractivity contribution in [1.29, 1.82) is 0 Å². The van der Waals surface area contributed by atoms with Crippen LogP contribution in [0.2, 0.25) is 0 Å². The molecular formula is C15H21N3O3. The van der Waals surface area contributed by atoms with Crippen LogP contribution in [0.5, 0.6) is 0 Å². The van der Waals surface area contributed by atoms with Gasteiger partial charge in [-0.05, 0) is 23.8 Å². The van der Waals surface area contributed by atoms with Gasteiger partial charge in [0.15, 0.2) is 0 Å². The molecule has 0 unspecified atom stereocenters. The zero-order valence-corrected chi connectivity index (χ0v) is 12.3. The Morgan fingerprint density at radius 1 is 1.43 bits per heavy atom. The van der Waals surface area contributed by atoms with E-state index in [1.165, 1.54) is 11.0 Å². The summed E-state index contributed by atoms with van der Waals surface area (Å²) < 4.78 is 4.83. The van der Waals surface area contributed by atoms with E-state index in [2.05, 4.69) is 5.32 Å². The van der Waals surface area contributed by atoms with Gasteiger partial charge in [-0.15, -0.1) is 0 Å². The first-order valence-electron chi connectivity index (χ1n) is 6.57. The SMILES string of the molecule is COCCNC(=O)CN(C)C(=O)/C=C/c1cccc(N)c1. The van der Waals surface area contributed by atoms with Gasteiger partial charge in [0.25, 0.3) is 0 Å². The lowest BCUT2D eigenvalue weighted by Crippen LogP contribution is -2.38. The fraction of sp³-hybridized carbons (Fsp3) is 0.333. The van der Waals surface area contributed by atoms with Gasteiger partial charge in [0.2, 0.25) is 11.8 Å². The Morgan fingerprint density at radius 2 is 2.19 bits per heavy atom. The first-order chi connectivity index (χ1) is 10.0. The number of benzene rings is 1. The molecular weight excluding hydrogens is 270 g/mol. The topological polar surface area (TPSA) is 84.7 Å². The number of nitrogen functional groups attached to an aromatic ring is 1. The van der Waals surface area contributed by atoms with Crippen molar-refractivity contribution in [2.24, 2.45) is 0 Å². The molecule has 6 heteroatoms. The average Bonchev–Trinajstić information content (AvgIpc) is 2.45. The van der Waals surface area contributed by atoms with Gasteiger partial charge in [0, 0.05) is 32.5 Å². The van der Waals surface area contributed by atoms with Gasteiger partial charge in [-0.2, -0.15) is 0 Å². The van der Waals surface area contributed by atoms with Crippen molar-refractivity contribution in [3.05, 3.63) is 35.9 Å². The Hall–Kier alpha value is -2.34. The van der Waals surface area contributed by atoms with Crippen molar-refractivity contribution < 1.29 is 14.3 Å². The van der Waals surface area contributed by atoms with Crippen molar-refractivity contribution in [3.8, 4) is 0 Å². The molecule has 0 bridgehead atoms. The maximum atomic E-state index is 11.9. The first-order valence-corrected chi connectivity index (χ1v) is 6.57. The second kappa shape index (κ2) is 8.76. The van der Waals surface area contributed by atoms with E-state index in [0.717, 1.165) is 5.56 Å². The van der Waals surface area contributed by atoms with Crippen LogP contribution >= 0.6 is 0 Å². The summed E-state index contributed by atoms with van der Waals surface area (Å²) in [5.74, 6) is -0.473. The monoisotopic (exact) mass is 291 g/mol. The van der Waals surface area contributed by atoms with E-state index in [0.29, 0.717) is 18.8 Å². The predicted octanol–water partition coefficient (Wildman–Crippen LogP) is 0.503. The molecule has 3 N–H and O–H groups in total. The van der Waals surface area contributed by atoms with E-state index >= 15 is 0 Å². The summed E-state index contributed by atoms with van der Waals surface area (Å²) in [6.07, 6.45) is 3.08. The maximum absolute atomic E-state index is 11.9. The summed E-state index contributed by atoms with van der Waals surface area (Å²) in [6.45, 7) is 0.874. The van der Waals surface area contributed by atoms with Gasteiger partial charge in [-0.3, -0.25) is 9.59 Å². The number of nitrogens with zero attached hydrogens (tertiary/aromatic N) is 1. The molecule has 0 saturated carbocycles. The molecule has 1 aromatic rings. The van der Waals surface area contributed by atoms with Crippen molar-refractivity contribution in [3.63, 3.8) is 0 Å². The van der Waals surface area contributed by atoms with E-state index in [-0.39, 0.29) is 18.4 Å². The number of nitrogens with one attached hydrogen (secondary N) is 1. The van der Waals surface area contributed by atoms with Gasteiger partial charge in [0.05, 0.1) is 13.2 Å². The van der Waals surface area contributed by atoms with E-state index < -0.39 is 0 Å². The third kappa shape index (κ3) is 6.58. The van der Waals surface area contributed by atoms with E-state index in [1.807, 2.05) is 12.1 Å². The van der Waals surface area contributed by atoms with E-state index in [4.69, 9.17) is 10.5 Å². The quantitative estimate of drug-likeness (QED) is 0.435. The van der Waals surface area contributed by atoms with Crippen LogP contribution in [-0.2, 0) is 14.3 Å². The van der Waals surface area contributed by atoms with Crippen LogP contribution in [0.1, 0.15) is 5.56 Å². The molecule has 114 valence electrons. The lowest BCUT2D eigenvalue weighted by molar-refractivity contribution is -0.131. The Labute approximate surface area is 124 Å². The molecule has 0 aliphatic heterocycles. The highest BCUT2D eigenvalue weighted by Gasteiger charge is 2.09. The van der Waals surface area contributed by atoms with Crippen molar-refractivity contribution in [1.82, 2.24) is 10.2 Å². The number of methoxy groups -OCH3 is 1. The molecule has 2 amide bonds. The molecule has 1 rings (SSSR count). The minimum absolute atomic E-state index is 0.00379. The number of nitrogens with two attached hydrogens (primary N) is 1. The Balaban J connectivity index is 2.45. The number of carbonyl (C=O) groups is 2. The first kappa shape index (κ1) is 16.7. The number of ether oxygens (including phenoxy) is 1. The van der Waals surface area contributed by atoms with Crippen LogP contribution in [0.3, 0.4) is 0 Å². The predicted molar refractivity (Wildman–Crippen MR) is 82.4 cm³/mol. The third-order valence-corrected chi connectivity index (χ3v) is 2.71. The molecule has 0 fully saturated rings. The summed E-state index contributed by atoms with van der Waals surface area (Å²) >= 11 is 0. The number of likely N-dealkylation sites (N-methyl/N-ethyl adjacent to an activating group) is 1. The number of anilines is 1. The summed E-state index contributed by atoms with van der Waals surface area (Å²) in [6, 6.07) is 7.20. The highest BCUT2D eigenvalue weighted by atomic mass is 16.5. The molecule has 0 aliphatic carbocycles. The number of hydrogen-bond donors (Lipinski definition) is 2. The molecule has 0 spiro atoms. The third-order valence-electron chi connectivity index (χ3n) is 2.71. The number of rotatable bonds is 7. The molecule has 1 aromatic carbocycles. The number of carbonyl (C=O) groups excluding carboxylic acids is 2. The van der Waals surface area contributed by atoms with Gasteiger partial charge in [-0.25, -0.2) is 0 Å². The summed E-state index contributed by atoms with van der Waals surface area (Å²) in [5.41, 5.74) is 7.13. The molecule has 0 atom stereocenters. The second-order valence-corrected chi connectivity index (χ2v) is 4.54. The largest absolute Gasteiger partial charge is 0.399 e. The van der Waals surface area contributed by atoms with Crippen molar-refractivity contribution >= 4 is 23.6 Å². The normalized spacial score (nSPS) is 10.6. The molecule has 0 saturated heterocycles. The van der Waals surface area contributed by atoms with Crippen LogP contribution in [0, 0.1) is 0 Å². The molecule has 0 radical (unpaired) electrons. The molecule has 0 aliphatic rings. The molecule has 21 heavy (non-hydrogen) atoms. The highest BCUT2D eigenvalue weighted by molar-refractivity contribution is 5.94. The fourth-order valence-electron chi connectivity index (χ4n) is 1.60. The van der Waals surface area contributed by atoms with Gasteiger partial charge >= 0.3 is 0 Å². The maximum Gasteiger partial charge on any atom is 0.246 e. The lowest BCUT2D eigenvalue weighted by Gasteiger charge is -2.14. The summed E-state index contributed by atoms with van der Waals surface area (Å²) in [5, 5.41) is 2.65. The van der Waals surface area contributed by atoms with Crippen LogP contribution in [-0.4, -0.2) is 50.6 Å². The standard InChI is InChI=1S/C15H21N3O3/c1-18(11-14(19)17-8-9-21-2)15(20)7-6-12-4-3-5-13(16)10-12/h3-7,10H,8-9,11,16H2,1-2H3,(H,17,19)/b7-6+. The van der Waals surface area contributed by atoms with Crippen LogP contribution in [0.25, 0.3) is 6.08 Å². The lowest BCUT2D eigenvalue weighted by atomic mass is 10.2. The molecule has 0 heterocycles. The molecule has 6 nitrogen and oxygen atoms in total. The summed E-state index contributed by atoms with van der Waals surface area (Å²) in [7, 11) is 3.13. The van der Waals surface area contributed by atoms with Crippen LogP contribution in [0.4, 0.5) is 5.69 Å². The summed E-state index contributed by atoms with van der Waals surface area (Å²) in [4.78, 5) is 24.8. The average molecular weight is 291 g/mol. The van der Waals surface area contributed by atoms with Gasteiger partial charge < -0.3 is 20.7 Å². The minimum atomic E-state index is -0.251. The van der Waals surface area contributed by atoms with Crippen LogP contribution < -0.4 is 11.1 Å². The van der Waals surface area contributed by atoms with E-state index in [1.54, 1.807) is 32.4 Å². The highest BCUT2D eigenvalue weighted by Crippen LogP contribution is 2.08. The van der Waals surface area contributed by atoms with Gasteiger partial charge in [-0.1, -0.05) is 12.1 Å². The fourth-order valence-corrected chi connectivity index (χ4v) is 1.60. The van der Waals surface area contributed by atoms with Gasteiger partial charge in [0.1, 0.15) is 0 Å². The minimum Gasteiger partial charge on any atom is -0.399 e. The Morgan fingerprint density at radius 3 is 2.86 bits per heavy atom. The van der Waals surface area contributed by atoms with E-state index in [9.17, 15) is 9.59 Å². The Bertz CT molecular complexity index is 515. The number of hydrogen-bond acceptors (Lipinski definition) is 4. The van der Waals surface area contributed by atoms with Crippen molar-refractivity contribution in [2.75, 3.05) is 39.6 Å².